The van der Waals surface area contributed by atoms with Crippen molar-refractivity contribution in [3.63, 3.8) is 0 Å². The van der Waals surface area contributed by atoms with Crippen molar-refractivity contribution >= 4 is 28.9 Å². The van der Waals surface area contributed by atoms with Gasteiger partial charge in [-0.3, -0.25) is 19.5 Å². The smallest absolute Gasteiger partial charge is 0.322 e. The second kappa shape index (κ2) is 7.18. The molecule has 0 unspecified atom stereocenters. The van der Waals surface area contributed by atoms with Crippen LogP contribution in [0.5, 0.6) is 5.88 Å². The summed E-state index contributed by atoms with van der Waals surface area (Å²) in [5.74, 6) is -1.79. The number of carboxylic acids is 1. The van der Waals surface area contributed by atoms with Gasteiger partial charge in [0, 0.05) is 17.4 Å². The van der Waals surface area contributed by atoms with Crippen molar-refractivity contribution in [2.75, 3.05) is 13.2 Å². The van der Waals surface area contributed by atoms with Crippen LogP contribution in [0.15, 0.2) is 34.7 Å². The molecule has 0 atom stereocenters. The number of pyridine rings is 1. The minimum atomic E-state index is -1.21. The van der Waals surface area contributed by atoms with E-state index in [4.69, 9.17) is 9.84 Å². The first-order valence-corrected chi connectivity index (χ1v) is 8.18. The topological polar surface area (TPSA) is 126 Å². The van der Waals surface area contributed by atoms with Gasteiger partial charge in [0.2, 0.25) is 11.3 Å². The number of H-pyrrole nitrogens is 1. The lowest BCUT2D eigenvalue weighted by atomic mass is 10.2. The molecule has 0 fully saturated rings. The molecule has 0 radical (unpaired) electrons. The monoisotopic (exact) mass is 362 g/mol. The summed E-state index contributed by atoms with van der Waals surface area (Å²) in [5, 5.41) is 15.5. The molecular weight excluding hydrogens is 348 g/mol. The lowest BCUT2D eigenvalue weighted by Gasteiger charge is -2.09. The second-order valence-electron chi connectivity index (χ2n) is 5.02. The highest BCUT2D eigenvalue weighted by molar-refractivity contribution is 7.09. The molecule has 0 aromatic carbocycles. The van der Waals surface area contributed by atoms with E-state index in [1.807, 2.05) is 17.5 Å². The zero-order valence-corrected chi connectivity index (χ0v) is 13.7. The van der Waals surface area contributed by atoms with Gasteiger partial charge in [0.1, 0.15) is 18.4 Å². The fourth-order valence-corrected chi connectivity index (χ4v) is 2.94. The Balaban J connectivity index is 1.83. The van der Waals surface area contributed by atoms with Crippen LogP contribution in [0.1, 0.15) is 15.2 Å². The maximum atomic E-state index is 12.3. The second-order valence-corrected chi connectivity index (χ2v) is 6.05. The number of nitrogens with one attached hydrogen (secondary N) is 2. The van der Waals surface area contributed by atoms with Gasteiger partial charge in [-0.05, 0) is 11.4 Å². The number of fused-ring (bicyclic) bond motifs is 1. The number of hydrogen-bond acceptors (Lipinski definition) is 6. The molecule has 1 amide bonds. The number of aliphatic carboxylic acids is 1. The van der Waals surface area contributed by atoms with Crippen molar-refractivity contribution in [2.45, 2.75) is 6.42 Å². The van der Waals surface area contributed by atoms with Gasteiger partial charge in [0.15, 0.2) is 5.65 Å². The molecule has 3 aromatic rings. The number of hydrogen-bond donors (Lipinski definition) is 3. The summed E-state index contributed by atoms with van der Waals surface area (Å²) >= 11 is 1.61. The standard InChI is InChI=1S/C15H14N4O5S/c20-10-6-11(24-4-3-9-2-1-5-25-9)19-14(17-8-18-19)13(10)15(23)16-7-12(21)22/h1-2,5-6,8H,3-4,7H2,(H,16,23)(H,17,18)(H,21,22). The molecule has 3 heterocycles. The first-order valence-electron chi connectivity index (χ1n) is 7.30. The maximum absolute atomic E-state index is 12.3. The van der Waals surface area contributed by atoms with Gasteiger partial charge >= 0.3 is 5.97 Å². The Morgan fingerprint density at radius 1 is 1.44 bits per heavy atom. The zero-order chi connectivity index (χ0) is 17.8. The fraction of sp³-hybridized carbons (Fsp3) is 0.200. The number of nitrogens with zero attached hydrogens (tertiary/aromatic N) is 2. The number of ether oxygens (including phenoxy) is 1. The summed E-state index contributed by atoms with van der Waals surface area (Å²) in [6.45, 7) is -0.237. The number of amides is 1. The average molecular weight is 362 g/mol. The van der Waals surface area contributed by atoms with Gasteiger partial charge in [-0.2, -0.15) is 0 Å². The summed E-state index contributed by atoms with van der Waals surface area (Å²) in [5.41, 5.74) is -0.768. The summed E-state index contributed by atoms with van der Waals surface area (Å²) < 4.78 is 7.00. The number of aromatic nitrogens is 3. The molecule has 25 heavy (non-hydrogen) atoms. The third kappa shape index (κ3) is 3.69. The normalized spacial score (nSPS) is 10.7. The van der Waals surface area contributed by atoms with E-state index in [2.05, 4.69) is 15.4 Å². The van der Waals surface area contributed by atoms with Gasteiger partial charge in [0.05, 0.1) is 6.61 Å². The van der Waals surface area contributed by atoms with Gasteiger partial charge in [-0.15, -0.1) is 11.3 Å². The number of carbonyl (C=O) groups is 2. The van der Waals surface area contributed by atoms with Crippen molar-refractivity contribution < 1.29 is 19.4 Å². The van der Waals surface area contributed by atoms with E-state index in [0.717, 1.165) is 4.88 Å². The largest absolute Gasteiger partial charge is 0.480 e. The highest BCUT2D eigenvalue weighted by Gasteiger charge is 2.20. The molecule has 130 valence electrons. The fourth-order valence-electron chi connectivity index (χ4n) is 2.24. The zero-order valence-electron chi connectivity index (χ0n) is 12.9. The summed E-state index contributed by atoms with van der Waals surface area (Å²) in [6, 6.07) is 5.11. The predicted molar refractivity (Wildman–Crippen MR) is 89.3 cm³/mol. The van der Waals surface area contributed by atoms with Crippen molar-refractivity contribution in [2.24, 2.45) is 0 Å². The van der Waals surface area contributed by atoms with E-state index in [1.54, 1.807) is 11.3 Å². The molecule has 0 bridgehead atoms. The first-order chi connectivity index (χ1) is 12.1. The molecule has 9 nitrogen and oxygen atoms in total. The van der Waals surface area contributed by atoms with Crippen LogP contribution in [0.2, 0.25) is 0 Å². The van der Waals surface area contributed by atoms with E-state index in [-0.39, 0.29) is 17.1 Å². The molecule has 10 heteroatoms. The van der Waals surface area contributed by atoms with Crippen molar-refractivity contribution in [1.29, 1.82) is 0 Å². The molecule has 0 spiro atoms. The Labute approximate surface area is 144 Å². The molecule has 3 rings (SSSR count). The van der Waals surface area contributed by atoms with E-state index >= 15 is 0 Å². The molecular formula is C15H14N4O5S. The Hall–Kier alpha value is -3.14. The number of rotatable bonds is 7. The minimum Gasteiger partial charge on any atom is -0.480 e. The number of aromatic amines is 1. The van der Waals surface area contributed by atoms with Crippen LogP contribution in [0.4, 0.5) is 0 Å². The first kappa shape index (κ1) is 16.7. The maximum Gasteiger partial charge on any atom is 0.322 e. The van der Waals surface area contributed by atoms with Crippen molar-refractivity contribution in [1.82, 2.24) is 19.9 Å². The Morgan fingerprint density at radius 2 is 2.28 bits per heavy atom. The van der Waals surface area contributed by atoms with Crippen molar-refractivity contribution in [3.05, 3.63) is 50.6 Å². The molecule has 0 saturated heterocycles. The molecule has 3 aromatic heterocycles. The van der Waals surface area contributed by atoms with E-state index in [1.165, 1.54) is 16.9 Å². The van der Waals surface area contributed by atoms with Crippen LogP contribution in [0.25, 0.3) is 5.65 Å². The lowest BCUT2D eigenvalue weighted by Crippen LogP contribution is -2.33. The highest BCUT2D eigenvalue weighted by Crippen LogP contribution is 2.14. The van der Waals surface area contributed by atoms with Crippen molar-refractivity contribution in [3.8, 4) is 5.88 Å². The van der Waals surface area contributed by atoms with Gasteiger partial charge < -0.3 is 15.2 Å². The molecule has 3 N–H and O–H groups in total. The summed E-state index contributed by atoms with van der Waals surface area (Å²) in [7, 11) is 0. The van der Waals surface area contributed by atoms with Crippen LogP contribution >= 0.6 is 11.3 Å². The number of thiophene rings is 1. The van der Waals surface area contributed by atoms with Crippen LogP contribution in [0.3, 0.4) is 0 Å². The summed E-state index contributed by atoms with van der Waals surface area (Å²) in [6.07, 6.45) is 2.00. The Bertz CT molecular complexity index is 960. The SMILES string of the molecule is O=C(O)CNC(=O)c1c(=O)cc(OCCc2cccs2)n2[nH]cnc12. The molecule has 0 aliphatic rings. The van der Waals surface area contributed by atoms with Crippen LogP contribution in [0, 0.1) is 0 Å². The average Bonchev–Trinajstić information content (AvgIpc) is 3.24. The lowest BCUT2D eigenvalue weighted by molar-refractivity contribution is -0.135. The minimum absolute atomic E-state index is 0.0708. The third-order valence-electron chi connectivity index (χ3n) is 3.34. The molecule has 0 aliphatic heterocycles. The van der Waals surface area contributed by atoms with Crippen LogP contribution in [-0.2, 0) is 11.2 Å². The molecule has 0 aliphatic carbocycles. The number of carbonyl (C=O) groups excluding carboxylic acids is 1. The van der Waals surface area contributed by atoms with Gasteiger partial charge in [-0.1, -0.05) is 6.07 Å². The molecule has 0 saturated carbocycles. The Morgan fingerprint density at radius 3 is 3.00 bits per heavy atom. The van der Waals surface area contributed by atoms with Crippen LogP contribution < -0.4 is 15.5 Å². The van der Waals surface area contributed by atoms with Gasteiger partial charge in [-0.25, -0.2) is 9.50 Å². The quantitative estimate of drug-likeness (QED) is 0.563. The van der Waals surface area contributed by atoms with E-state index in [0.29, 0.717) is 13.0 Å². The highest BCUT2D eigenvalue weighted by atomic mass is 32.1. The third-order valence-corrected chi connectivity index (χ3v) is 4.27. The summed E-state index contributed by atoms with van der Waals surface area (Å²) in [4.78, 5) is 40.0. The van der Waals surface area contributed by atoms with Crippen LogP contribution in [-0.4, -0.2) is 44.7 Å². The van der Waals surface area contributed by atoms with Gasteiger partial charge in [0.25, 0.3) is 5.91 Å². The predicted octanol–water partition coefficient (Wildman–Crippen LogP) is 0.520. The number of carboxylic acid groups (broad SMARTS) is 1. The Kier molecular flexibility index (Phi) is 4.80. The van der Waals surface area contributed by atoms with E-state index in [9.17, 15) is 14.4 Å². The van der Waals surface area contributed by atoms with E-state index < -0.39 is 23.9 Å².